The first-order valence-corrected chi connectivity index (χ1v) is 6.63. The van der Waals surface area contributed by atoms with Gasteiger partial charge in [0.25, 0.3) is 0 Å². The van der Waals surface area contributed by atoms with Crippen LogP contribution in [0.3, 0.4) is 0 Å². The Hall–Kier alpha value is -1.65. The molecular weight excluding hydrogens is 248 g/mol. The zero-order chi connectivity index (χ0) is 14.1. The molecule has 0 aliphatic heterocycles. The van der Waals surface area contributed by atoms with Crippen molar-refractivity contribution >= 4 is 5.96 Å². The Bertz CT molecular complexity index is 419. The molecule has 0 aromatic heterocycles. The fourth-order valence-corrected chi connectivity index (χ4v) is 1.55. The van der Waals surface area contributed by atoms with Gasteiger partial charge in [-0.05, 0) is 31.5 Å². The van der Waals surface area contributed by atoms with Crippen molar-refractivity contribution in [3.05, 3.63) is 35.4 Å². The Morgan fingerprint density at radius 3 is 2.68 bits per heavy atom. The van der Waals surface area contributed by atoms with E-state index >= 15 is 0 Å². The molecular formula is C14H21F2N3. The summed E-state index contributed by atoms with van der Waals surface area (Å²) in [6.45, 7) is 5.72. The van der Waals surface area contributed by atoms with Crippen molar-refractivity contribution in [2.24, 2.45) is 4.99 Å². The number of hydrogen-bond donors (Lipinski definition) is 2. The average Bonchev–Trinajstić information content (AvgIpc) is 2.40. The van der Waals surface area contributed by atoms with Crippen molar-refractivity contribution in [2.75, 3.05) is 13.1 Å². The second-order valence-electron chi connectivity index (χ2n) is 4.21. The maximum Gasteiger partial charge on any atom is 0.191 e. The van der Waals surface area contributed by atoms with E-state index in [1.54, 1.807) is 0 Å². The number of rotatable bonds is 6. The fraction of sp³-hybridized carbons (Fsp3) is 0.500. The number of nitrogens with zero attached hydrogens (tertiary/aromatic N) is 1. The third-order valence-corrected chi connectivity index (χ3v) is 2.58. The summed E-state index contributed by atoms with van der Waals surface area (Å²) in [5.41, 5.74) is 0.257. The van der Waals surface area contributed by atoms with Crippen molar-refractivity contribution in [3.8, 4) is 0 Å². The Balaban J connectivity index is 2.65. The molecule has 0 fully saturated rings. The zero-order valence-electron chi connectivity index (χ0n) is 11.5. The standard InChI is InChI=1S/C14H21F2N3/c1-3-5-8-18-14(17-4-2)19-10-11-9-12(15)6-7-13(11)16/h6-7,9H,3-5,8,10H2,1-2H3,(H2,17,18,19). The van der Waals surface area contributed by atoms with Gasteiger partial charge in [-0.1, -0.05) is 13.3 Å². The van der Waals surface area contributed by atoms with Gasteiger partial charge in [-0.15, -0.1) is 0 Å². The molecule has 0 radical (unpaired) electrons. The van der Waals surface area contributed by atoms with Crippen LogP contribution in [0.4, 0.5) is 8.78 Å². The molecule has 5 heteroatoms. The summed E-state index contributed by atoms with van der Waals surface area (Å²) in [5.74, 6) is -0.260. The van der Waals surface area contributed by atoms with Gasteiger partial charge in [-0.3, -0.25) is 0 Å². The summed E-state index contributed by atoms with van der Waals surface area (Å²) in [5, 5.41) is 6.22. The molecule has 0 bridgehead atoms. The van der Waals surface area contributed by atoms with Crippen LogP contribution in [0, 0.1) is 11.6 Å². The highest BCUT2D eigenvalue weighted by atomic mass is 19.1. The van der Waals surface area contributed by atoms with E-state index in [1.165, 1.54) is 6.07 Å². The molecule has 3 nitrogen and oxygen atoms in total. The summed E-state index contributed by atoms with van der Waals surface area (Å²) in [4.78, 5) is 4.25. The zero-order valence-corrected chi connectivity index (χ0v) is 11.5. The monoisotopic (exact) mass is 269 g/mol. The summed E-state index contributed by atoms with van der Waals surface area (Å²) in [7, 11) is 0. The summed E-state index contributed by atoms with van der Waals surface area (Å²) in [6.07, 6.45) is 2.13. The number of guanidine groups is 1. The minimum absolute atomic E-state index is 0.116. The van der Waals surface area contributed by atoms with E-state index in [2.05, 4.69) is 22.5 Å². The van der Waals surface area contributed by atoms with E-state index in [1.807, 2.05) is 6.92 Å². The van der Waals surface area contributed by atoms with Crippen LogP contribution in [0.25, 0.3) is 0 Å². The highest BCUT2D eigenvalue weighted by Crippen LogP contribution is 2.10. The van der Waals surface area contributed by atoms with Gasteiger partial charge in [0.2, 0.25) is 0 Å². The largest absolute Gasteiger partial charge is 0.357 e. The van der Waals surface area contributed by atoms with Crippen LogP contribution >= 0.6 is 0 Å². The highest BCUT2D eigenvalue weighted by Gasteiger charge is 2.04. The van der Waals surface area contributed by atoms with Crippen LogP contribution in [0.2, 0.25) is 0 Å². The Morgan fingerprint density at radius 2 is 2.00 bits per heavy atom. The first kappa shape index (κ1) is 15.4. The van der Waals surface area contributed by atoms with E-state index in [0.717, 1.165) is 38.1 Å². The van der Waals surface area contributed by atoms with Gasteiger partial charge < -0.3 is 10.6 Å². The lowest BCUT2D eigenvalue weighted by Gasteiger charge is -2.10. The van der Waals surface area contributed by atoms with Crippen LogP contribution in [0.5, 0.6) is 0 Å². The van der Waals surface area contributed by atoms with Gasteiger partial charge in [0, 0.05) is 18.7 Å². The minimum atomic E-state index is -0.449. The first-order valence-electron chi connectivity index (χ1n) is 6.63. The first-order chi connectivity index (χ1) is 9.17. The molecule has 0 spiro atoms. The van der Waals surface area contributed by atoms with Gasteiger partial charge in [-0.2, -0.15) is 0 Å². The lowest BCUT2D eigenvalue weighted by Crippen LogP contribution is -2.37. The van der Waals surface area contributed by atoms with Gasteiger partial charge in [0.15, 0.2) is 5.96 Å². The van der Waals surface area contributed by atoms with Crippen molar-refractivity contribution < 1.29 is 8.78 Å². The SMILES string of the molecule is CCCCNC(=NCc1cc(F)ccc1F)NCC. The van der Waals surface area contributed by atoms with Crippen molar-refractivity contribution in [3.63, 3.8) is 0 Å². The number of unbranched alkanes of at least 4 members (excludes halogenated alkanes) is 1. The summed E-state index contributed by atoms with van der Waals surface area (Å²) in [6, 6.07) is 3.40. The fourth-order valence-electron chi connectivity index (χ4n) is 1.55. The molecule has 0 aliphatic carbocycles. The maximum atomic E-state index is 13.4. The Kier molecular flexibility index (Phi) is 6.85. The summed E-state index contributed by atoms with van der Waals surface area (Å²) >= 11 is 0. The van der Waals surface area contributed by atoms with Crippen molar-refractivity contribution in [2.45, 2.75) is 33.2 Å². The molecule has 1 aromatic carbocycles. The van der Waals surface area contributed by atoms with Crippen molar-refractivity contribution in [1.29, 1.82) is 0 Å². The molecule has 106 valence electrons. The number of nitrogens with one attached hydrogen (secondary N) is 2. The van der Waals surface area contributed by atoms with Crippen LogP contribution in [0.15, 0.2) is 23.2 Å². The van der Waals surface area contributed by atoms with E-state index in [4.69, 9.17) is 0 Å². The van der Waals surface area contributed by atoms with Crippen LogP contribution in [-0.2, 0) is 6.54 Å². The van der Waals surface area contributed by atoms with Crippen LogP contribution in [0.1, 0.15) is 32.3 Å². The third-order valence-electron chi connectivity index (χ3n) is 2.58. The quantitative estimate of drug-likeness (QED) is 0.473. The van der Waals surface area contributed by atoms with E-state index in [0.29, 0.717) is 5.96 Å². The van der Waals surface area contributed by atoms with E-state index in [-0.39, 0.29) is 12.1 Å². The molecule has 0 atom stereocenters. The predicted molar refractivity (Wildman–Crippen MR) is 74.1 cm³/mol. The molecule has 0 unspecified atom stereocenters. The average molecular weight is 269 g/mol. The van der Waals surface area contributed by atoms with Crippen molar-refractivity contribution in [1.82, 2.24) is 10.6 Å². The lowest BCUT2D eigenvalue weighted by molar-refractivity contribution is 0.585. The predicted octanol–water partition coefficient (Wildman–Crippen LogP) is 2.82. The molecule has 0 saturated carbocycles. The molecule has 0 amide bonds. The Morgan fingerprint density at radius 1 is 1.21 bits per heavy atom. The number of hydrogen-bond acceptors (Lipinski definition) is 1. The molecule has 2 N–H and O–H groups in total. The highest BCUT2D eigenvalue weighted by molar-refractivity contribution is 5.79. The molecule has 0 aliphatic rings. The molecule has 0 saturated heterocycles. The topological polar surface area (TPSA) is 36.4 Å². The summed E-state index contributed by atoms with van der Waals surface area (Å²) < 4.78 is 26.5. The second kappa shape index (κ2) is 8.45. The van der Waals surface area contributed by atoms with E-state index in [9.17, 15) is 8.78 Å². The third kappa shape index (κ3) is 5.68. The lowest BCUT2D eigenvalue weighted by atomic mass is 10.2. The van der Waals surface area contributed by atoms with E-state index < -0.39 is 11.6 Å². The number of benzene rings is 1. The van der Waals surface area contributed by atoms with Crippen LogP contribution in [-0.4, -0.2) is 19.0 Å². The van der Waals surface area contributed by atoms with Gasteiger partial charge in [0.1, 0.15) is 11.6 Å². The normalized spacial score (nSPS) is 11.5. The van der Waals surface area contributed by atoms with Gasteiger partial charge in [-0.25, -0.2) is 13.8 Å². The molecule has 0 heterocycles. The van der Waals surface area contributed by atoms with Gasteiger partial charge >= 0.3 is 0 Å². The maximum absolute atomic E-state index is 13.4. The molecule has 1 aromatic rings. The smallest absolute Gasteiger partial charge is 0.191 e. The van der Waals surface area contributed by atoms with Crippen LogP contribution < -0.4 is 10.6 Å². The Labute approximate surface area is 113 Å². The number of halogens is 2. The molecule has 19 heavy (non-hydrogen) atoms. The molecule has 1 rings (SSSR count). The van der Waals surface area contributed by atoms with Gasteiger partial charge in [0.05, 0.1) is 6.54 Å². The number of aliphatic imine (C=N–C) groups is 1. The second-order valence-corrected chi connectivity index (χ2v) is 4.21. The minimum Gasteiger partial charge on any atom is -0.357 e.